The number of nitro groups is 1. The molecule has 0 aliphatic rings. The molecule has 0 aliphatic carbocycles. The molecular formula is C16H15F2N3O6S. The van der Waals surface area contributed by atoms with Crippen molar-refractivity contribution < 1.29 is 31.7 Å². The highest BCUT2D eigenvalue weighted by atomic mass is 32.2. The molecule has 0 atom stereocenters. The number of nitro benzene ring substituents is 1. The number of rotatable bonds is 7. The number of amides is 1. The van der Waals surface area contributed by atoms with Crippen molar-refractivity contribution in [1.29, 1.82) is 0 Å². The van der Waals surface area contributed by atoms with Gasteiger partial charge in [0.2, 0.25) is 15.9 Å². The van der Waals surface area contributed by atoms with Gasteiger partial charge < -0.3 is 10.1 Å². The summed E-state index contributed by atoms with van der Waals surface area (Å²) in [5.74, 6) is -2.92. The molecule has 0 spiro atoms. The second kappa shape index (κ2) is 8.17. The third kappa shape index (κ3) is 4.91. The van der Waals surface area contributed by atoms with Gasteiger partial charge in [-0.15, -0.1) is 0 Å². The van der Waals surface area contributed by atoms with E-state index in [1.807, 2.05) is 0 Å². The molecule has 0 saturated heterocycles. The second-order valence-corrected chi connectivity index (χ2v) is 7.46. The van der Waals surface area contributed by atoms with Crippen LogP contribution in [0.4, 0.5) is 25.8 Å². The molecule has 150 valence electrons. The highest BCUT2D eigenvalue weighted by Crippen LogP contribution is 2.29. The molecule has 0 saturated carbocycles. The second-order valence-electron chi connectivity index (χ2n) is 5.56. The van der Waals surface area contributed by atoms with Gasteiger partial charge in [-0.3, -0.25) is 19.2 Å². The fourth-order valence-corrected chi connectivity index (χ4v) is 3.15. The summed E-state index contributed by atoms with van der Waals surface area (Å²) >= 11 is 0. The highest BCUT2D eigenvalue weighted by Gasteiger charge is 2.25. The Morgan fingerprint density at radius 3 is 2.46 bits per heavy atom. The summed E-state index contributed by atoms with van der Waals surface area (Å²) in [5, 5.41) is 13.2. The summed E-state index contributed by atoms with van der Waals surface area (Å²) in [4.78, 5) is 22.5. The molecule has 2 aromatic rings. The van der Waals surface area contributed by atoms with E-state index in [4.69, 9.17) is 4.74 Å². The van der Waals surface area contributed by atoms with Crippen LogP contribution in [0.3, 0.4) is 0 Å². The zero-order valence-corrected chi connectivity index (χ0v) is 15.5. The zero-order valence-electron chi connectivity index (χ0n) is 14.7. The lowest BCUT2D eigenvalue weighted by atomic mass is 10.2. The van der Waals surface area contributed by atoms with Crippen LogP contribution >= 0.6 is 0 Å². The average molecular weight is 415 g/mol. The van der Waals surface area contributed by atoms with E-state index < -0.39 is 44.7 Å². The smallest absolute Gasteiger partial charge is 0.271 e. The summed E-state index contributed by atoms with van der Waals surface area (Å²) in [6.07, 6.45) is 0.747. The Kier molecular flexibility index (Phi) is 6.13. The molecule has 9 nitrogen and oxygen atoms in total. The van der Waals surface area contributed by atoms with Crippen molar-refractivity contribution in [3.8, 4) is 5.75 Å². The van der Waals surface area contributed by atoms with Crippen LogP contribution in [0.1, 0.15) is 0 Å². The van der Waals surface area contributed by atoms with Crippen molar-refractivity contribution in [3.05, 3.63) is 58.1 Å². The number of hydrogen-bond acceptors (Lipinski definition) is 6. The standard InChI is InChI=1S/C16H15F2N3O6S/c1-27-15-6-4-11(21(23)24)8-13(15)19-16(22)9-20(28(2,25)26)14-5-3-10(17)7-12(14)18/h3-8H,9H2,1-2H3,(H,19,22). The molecule has 0 heterocycles. The minimum atomic E-state index is -4.11. The normalized spacial score (nSPS) is 11.0. The number of anilines is 2. The molecule has 1 N–H and O–H groups in total. The van der Waals surface area contributed by atoms with Crippen molar-refractivity contribution in [2.45, 2.75) is 0 Å². The van der Waals surface area contributed by atoms with Crippen LogP contribution in [0, 0.1) is 21.7 Å². The monoisotopic (exact) mass is 415 g/mol. The summed E-state index contributed by atoms with van der Waals surface area (Å²) in [5.41, 5.74) is -0.930. The fraction of sp³-hybridized carbons (Fsp3) is 0.188. The molecule has 2 aromatic carbocycles. The quantitative estimate of drug-likeness (QED) is 0.547. The lowest BCUT2D eigenvalue weighted by Gasteiger charge is -2.22. The Labute approximate surface area is 158 Å². The van der Waals surface area contributed by atoms with Gasteiger partial charge in [0.25, 0.3) is 5.69 Å². The van der Waals surface area contributed by atoms with Crippen molar-refractivity contribution in [3.63, 3.8) is 0 Å². The van der Waals surface area contributed by atoms with Crippen LogP contribution in [0.2, 0.25) is 0 Å². The van der Waals surface area contributed by atoms with Crippen LogP contribution in [0.25, 0.3) is 0 Å². The SMILES string of the molecule is COc1ccc([N+](=O)[O-])cc1NC(=O)CN(c1ccc(F)cc1F)S(C)(=O)=O. The van der Waals surface area contributed by atoms with Gasteiger partial charge in [0.1, 0.15) is 23.9 Å². The molecule has 0 bridgehead atoms. The Hall–Kier alpha value is -3.28. The minimum Gasteiger partial charge on any atom is -0.495 e. The number of hydrogen-bond donors (Lipinski definition) is 1. The van der Waals surface area contributed by atoms with Gasteiger partial charge in [-0.1, -0.05) is 0 Å². The number of nitrogens with one attached hydrogen (secondary N) is 1. The molecule has 0 unspecified atom stereocenters. The Bertz CT molecular complexity index is 1030. The van der Waals surface area contributed by atoms with E-state index in [2.05, 4.69) is 5.32 Å². The Morgan fingerprint density at radius 2 is 1.93 bits per heavy atom. The van der Waals surface area contributed by atoms with Crippen LogP contribution in [-0.4, -0.2) is 39.2 Å². The van der Waals surface area contributed by atoms with Gasteiger partial charge in [-0.2, -0.15) is 0 Å². The maximum absolute atomic E-state index is 14.0. The predicted molar refractivity (Wildman–Crippen MR) is 96.8 cm³/mol. The molecule has 0 fully saturated rings. The highest BCUT2D eigenvalue weighted by molar-refractivity contribution is 7.92. The first-order valence-corrected chi connectivity index (χ1v) is 9.43. The van der Waals surface area contributed by atoms with Gasteiger partial charge in [0.05, 0.1) is 29.7 Å². The first-order chi connectivity index (χ1) is 13.0. The lowest BCUT2D eigenvalue weighted by molar-refractivity contribution is -0.384. The van der Waals surface area contributed by atoms with E-state index in [0.717, 1.165) is 30.5 Å². The van der Waals surface area contributed by atoms with Crippen LogP contribution in [-0.2, 0) is 14.8 Å². The van der Waals surface area contributed by atoms with Gasteiger partial charge in [0.15, 0.2) is 0 Å². The topological polar surface area (TPSA) is 119 Å². The number of sulfonamides is 1. The lowest BCUT2D eigenvalue weighted by Crippen LogP contribution is -2.38. The summed E-state index contributed by atoms with van der Waals surface area (Å²) in [6.45, 7) is -0.854. The number of ether oxygens (including phenoxy) is 1. The summed E-state index contributed by atoms with van der Waals surface area (Å²) < 4.78 is 56.5. The Balaban J connectivity index is 2.33. The van der Waals surface area contributed by atoms with Crippen molar-refractivity contribution in [2.24, 2.45) is 0 Å². The Morgan fingerprint density at radius 1 is 1.25 bits per heavy atom. The molecule has 2 rings (SSSR count). The zero-order chi connectivity index (χ0) is 21.1. The van der Waals surface area contributed by atoms with Crippen LogP contribution < -0.4 is 14.4 Å². The van der Waals surface area contributed by atoms with Gasteiger partial charge in [0, 0.05) is 18.2 Å². The molecule has 0 radical (unpaired) electrons. The maximum Gasteiger partial charge on any atom is 0.271 e. The first kappa shape index (κ1) is 21.0. The molecule has 12 heteroatoms. The van der Waals surface area contributed by atoms with E-state index in [1.54, 1.807) is 0 Å². The number of methoxy groups -OCH3 is 1. The molecule has 0 aromatic heterocycles. The molecule has 28 heavy (non-hydrogen) atoms. The molecular weight excluding hydrogens is 400 g/mol. The fourth-order valence-electron chi connectivity index (χ4n) is 2.29. The third-order valence-corrected chi connectivity index (χ3v) is 4.66. The van der Waals surface area contributed by atoms with Gasteiger partial charge in [-0.25, -0.2) is 17.2 Å². The number of benzene rings is 2. The van der Waals surface area contributed by atoms with E-state index in [9.17, 15) is 32.1 Å². The molecule has 0 aliphatic heterocycles. The van der Waals surface area contributed by atoms with Gasteiger partial charge >= 0.3 is 0 Å². The number of nitrogens with zero attached hydrogens (tertiary/aromatic N) is 2. The van der Waals surface area contributed by atoms with Crippen LogP contribution in [0.15, 0.2) is 36.4 Å². The average Bonchev–Trinajstić information content (AvgIpc) is 2.59. The maximum atomic E-state index is 14.0. The van der Waals surface area contributed by atoms with E-state index >= 15 is 0 Å². The number of carbonyl (C=O) groups excluding carboxylic acids is 1. The van der Waals surface area contributed by atoms with Crippen molar-refractivity contribution in [2.75, 3.05) is 29.5 Å². The first-order valence-electron chi connectivity index (χ1n) is 7.58. The van der Waals surface area contributed by atoms with E-state index in [1.165, 1.54) is 13.2 Å². The third-order valence-electron chi connectivity index (χ3n) is 3.53. The number of carbonyl (C=O) groups is 1. The summed E-state index contributed by atoms with van der Waals surface area (Å²) in [7, 11) is -2.84. The van der Waals surface area contributed by atoms with E-state index in [-0.39, 0.29) is 17.1 Å². The van der Waals surface area contributed by atoms with E-state index in [0.29, 0.717) is 10.4 Å². The molecule has 1 amide bonds. The largest absolute Gasteiger partial charge is 0.495 e. The summed E-state index contributed by atoms with van der Waals surface area (Å²) in [6, 6.07) is 5.65. The van der Waals surface area contributed by atoms with Crippen LogP contribution in [0.5, 0.6) is 5.75 Å². The van der Waals surface area contributed by atoms with Gasteiger partial charge in [-0.05, 0) is 18.2 Å². The van der Waals surface area contributed by atoms with Crippen molar-refractivity contribution >= 4 is 33.0 Å². The number of non-ortho nitro benzene ring substituents is 1. The predicted octanol–water partition coefficient (Wildman–Crippen LogP) is 2.29. The number of halogens is 2. The minimum absolute atomic E-state index is 0.0743. The van der Waals surface area contributed by atoms with Crippen molar-refractivity contribution in [1.82, 2.24) is 0 Å².